The predicted molar refractivity (Wildman–Crippen MR) is 140 cm³/mol. The van der Waals surface area contributed by atoms with Crippen molar-refractivity contribution >= 4 is 39.7 Å². The van der Waals surface area contributed by atoms with Crippen molar-refractivity contribution in [3.05, 3.63) is 53.6 Å². The highest BCUT2D eigenvalue weighted by Crippen LogP contribution is 2.31. The Bertz CT molecular complexity index is 1450. The van der Waals surface area contributed by atoms with E-state index >= 15 is 0 Å². The third-order valence-electron chi connectivity index (χ3n) is 6.71. The van der Waals surface area contributed by atoms with Gasteiger partial charge < -0.3 is 25.7 Å². The highest BCUT2D eigenvalue weighted by atomic mass is 16.2. The molecule has 1 aliphatic rings. The largest absolute Gasteiger partial charge is 0.371 e. The summed E-state index contributed by atoms with van der Waals surface area (Å²) >= 11 is 0. The summed E-state index contributed by atoms with van der Waals surface area (Å²) in [4.78, 5) is 31.9. The molecule has 1 aliphatic heterocycles. The van der Waals surface area contributed by atoms with Crippen LogP contribution >= 0.6 is 0 Å². The number of carbonyl (C=O) groups is 2. The maximum absolute atomic E-state index is 13.4. The molecule has 4 N–H and O–H groups in total. The number of benzene rings is 1. The Labute approximate surface area is 209 Å². The first-order valence-electron chi connectivity index (χ1n) is 12.3. The Morgan fingerprint density at radius 1 is 1.17 bits per heavy atom. The van der Waals surface area contributed by atoms with Crippen molar-refractivity contribution in [2.75, 3.05) is 29.9 Å². The fraction of sp³-hybridized carbons (Fsp3) is 0.385. The number of pyridine rings is 1. The van der Waals surface area contributed by atoms with E-state index in [1.54, 1.807) is 21.3 Å². The van der Waals surface area contributed by atoms with Crippen LogP contribution in [0.5, 0.6) is 0 Å². The van der Waals surface area contributed by atoms with Gasteiger partial charge in [-0.3, -0.25) is 14.3 Å². The van der Waals surface area contributed by atoms with E-state index < -0.39 is 5.91 Å². The van der Waals surface area contributed by atoms with Gasteiger partial charge in [-0.25, -0.2) is 4.98 Å². The van der Waals surface area contributed by atoms with Crippen LogP contribution in [0, 0.1) is 6.92 Å². The number of imidazole rings is 1. The summed E-state index contributed by atoms with van der Waals surface area (Å²) in [5, 5.41) is 12.1. The average Bonchev–Trinajstić information content (AvgIpc) is 3.40. The molecule has 0 aliphatic carbocycles. The van der Waals surface area contributed by atoms with Gasteiger partial charge in [0.1, 0.15) is 11.2 Å². The molecule has 1 aromatic carbocycles. The van der Waals surface area contributed by atoms with E-state index in [1.165, 1.54) is 0 Å². The number of piperidine rings is 1. The van der Waals surface area contributed by atoms with Gasteiger partial charge in [0.25, 0.3) is 5.91 Å². The Kier molecular flexibility index (Phi) is 6.36. The van der Waals surface area contributed by atoms with E-state index in [0.717, 1.165) is 49.2 Å². The van der Waals surface area contributed by atoms with Gasteiger partial charge in [0.05, 0.1) is 23.4 Å². The Hall–Kier alpha value is -3.92. The zero-order chi connectivity index (χ0) is 25.4. The van der Waals surface area contributed by atoms with Crippen LogP contribution in [0.3, 0.4) is 0 Å². The van der Waals surface area contributed by atoms with Gasteiger partial charge in [-0.15, -0.1) is 0 Å². The maximum atomic E-state index is 13.4. The van der Waals surface area contributed by atoms with Gasteiger partial charge in [0.15, 0.2) is 0 Å². The predicted octanol–water partition coefficient (Wildman–Crippen LogP) is 2.39. The molecule has 5 rings (SSSR count). The maximum Gasteiger partial charge on any atom is 0.257 e. The van der Waals surface area contributed by atoms with Crippen molar-refractivity contribution in [2.45, 2.75) is 39.2 Å². The molecule has 188 valence electrons. The minimum Gasteiger partial charge on any atom is -0.371 e. The number of aromatic nitrogens is 4. The number of hydrogen-bond acceptors (Lipinski definition) is 6. The van der Waals surface area contributed by atoms with Crippen molar-refractivity contribution < 1.29 is 9.59 Å². The molecule has 3 aromatic heterocycles. The van der Waals surface area contributed by atoms with Crippen LogP contribution in [-0.4, -0.2) is 56.7 Å². The van der Waals surface area contributed by atoms with Gasteiger partial charge in [0.2, 0.25) is 5.91 Å². The quantitative estimate of drug-likeness (QED) is 0.367. The molecule has 4 heterocycles. The number of hydrogen-bond donors (Lipinski definition) is 3. The Morgan fingerprint density at radius 2 is 1.94 bits per heavy atom. The number of rotatable bonds is 7. The van der Waals surface area contributed by atoms with E-state index in [4.69, 9.17) is 5.73 Å². The van der Waals surface area contributed by atoms with Crippen molar-refractivity contribution in [1.29, 1.82) is 0 Å². The molecular formula is C26H32N8O2. The van der Waals surface area contributed by atoms with E-state index in [1.807, 2.05) is 38.5 Å². The number of nitrogens with zero attached hydrogens (tertiary/aromatic N) is 5. The van der Waals surface area contributed by atoms with Crippen LogP contribution in [0.4, 0.5) is 11.4 Å². The molecule has 1 fully saturated rings. The number of amides is 2. The first-order chi connectivity index (χ1) is 17.3. The summed E-state index contributed by atoms with van der Waals surface area (Å²) in [5.74, 6) is -0.723. The van der Waals surface area contributed by atoms with Crippen LogP contribution in [0.15, 0.2) is 36.8 Å². The third kappa shape index (κ3) is 4.64. The number of fused-ring (bicyclic) bond motifs is 2. The molecular weight excluding hydrogens is 456 g/mol. The summed E-state index contributed by atoms with van der Waals surface area (Å²) in [7, 11) is 1.87. The van der Waals surface area contributed by atoms with Gasteiger partial charge >= 0.3 is 0 Å². The lowest BCUT2D eigenvalue weighted by atomic mass is 10.0. The molecule has 0 atom stereocenters. The highest BCUT2D eigenvalue weighted by molar-refractivity contribution is 6.14. The summed E-state index contributed by atoms with van der Waals surface area (Å²) < 4.78 is 3.56. The summed E-state index contributed by atoms with van der Waals surface area (Å²) in [6, 6.07) is 6.17. The van der Waals surface area contributed by atoms with Crippen LogP contribution in [0.1, 0.15) is 41.4 Å². The van der Waals surface area contributed by atoms with Gasteiger partial charge in [-0.2, -0.15) is 5.10 Å². The third-order valence-corrected chi connectivity index (χ3v) is 6.71. The Morgan fingerprint density at radius 3 is 2.67 bits per heavy atom. The van der Waals surface area contributed by atoms with Crippen molar-refractivity contribution in [2.24, 2.45) is 12.8 Å². The lowest BCUT2D eigenvalue weighted by Crippen LogP contribution is -2.42. The summed E-state index contributed by atoms with van der Waals surface area (Å²) in [6.07, 6.45) is 7.82. The number of nitrogens with one attached hydrogen (secondary N) is 2. The van der Waals surface area contributed by atoms with Gasteiger partial charge in [0, 0.05) is 61.4 Å². The molecule has 2 amide bonds. The van der Waals surface area contributed by atoms with Crippen molar-refractivity contribution in [3.8, 4) is 0 Å². The second kappa shape index (κ2) is 9.62. The molecule has 0 radical (unpaired) electrons. The minimum atomic E-state index is -0.457. The van der Waals surface area contributed by atoms with Gasteiger partial charge in [-0.05, 0) is 44.5 Å². The summed E-state index contributed by atoms with van der Waals surface area (Å²) in [6.45, 7) is 6.92. The van der Waals surface area contributed by atoms with E-state index in [-0.39, 0.29) is 12.3 Å². The average molecular weight is 489 g/mol. The zero-order valence-corrected chi connectivity index (χ0v) is 20.9. The van der Waals surface area contributed by atoms with Crippen molar-refractivity contribution in [1.82, 2.24) is 24.5 Å². The Balaban J connectivity index is 1.44. The monoisotopic (exact) mass is 488 g/mol. The number of primary amides is 1. The second-order valence-corrected chi connectivity index (χ2v) is 9.48. The molecule has 0 unspecified atom stereocenters. The van der Waals surface area contributed by atoms with Crippen LogP contribution < -0.4 is 21.3 Å². The first-order valence-corrected chi connectivity index (χ1v) is 12.3. The smallest absolute Gasteiger partial charge is 0.257 e. The SMILES string of the molecule is CCNC1CCN(c2ccc(C(=O)Nc3cc(CC(N)=O)c4nc(C)cn4c3)c3nn(C)cc23)CC1. The standard InChI is InChI=1S/C26H32N8O2/c1-4-28-18-7-9-33(10-8-18)22-6-5-20(24-21(22)15-32(3)31-24)26(36)30-19-11-17(12-23(27)35)25-29-16(2)13-34(25)14-19/h5-6,11,13-15,18,28H,4,7-10,12H2,1-3H3,(H2,27,35)(H,30,36). The van der Waals surface area contributed by atoms with Crippen LogP contribution in [0.25, 0.3) is 16.6 Å². The number of carbonyl (C=O) groups excluding carboxylic acids is 2. The molecule has 0 saturated carbocycles. The first kappa shape index (κ1) is 23.8. The van der Waals surface area contributed by atoms with E-state index in [9.17, 15) is 9.59 Å². The lowest BCUT2D eigenvalue weighted by molar-refractivity contribution is -0.117. The normalized spacial score (nSPS) is 14.6. The van der Waals surface area contributed by atoms with Crippen molar-refractivity contribution in [3.63, 3.8) is 0 Å². The van der Waals surface area contributed by atoms with Gasteiger partial charge in [-0.1, -0.05) is 6.92 Å². The van der Waals surface area contributed by atoms with E-state index in [2.05, 4.69) is 32.5 Å². The summed E-state index contributed by atoms with van der Waals surface area (Å²) in [5.41, 5.74) is 10.4. The molecule has 0 spiro atoms. The molecule has 0 bridgehead atoms. The number of nitrogens with two attached hydrogens (primary N) is 1. The molecule has 10 nitrogen and oxygen atoms in total. The molecule has 4 aromatic rings. The number of aryl methyl sites for hydroxylation is 2. The van der Waals surface area contributed by atoms with E-state index in [0.29, 0.717) is 34.0 Å². The van der Waals surface area contributed by atoms with Crippen LogP contribution in [0.2, 0.25) is 0 Å². The molecule has 1 saturated heterocycles. The number of anilines is 2. The lowest BCUT2D eigenvalue weighted by Gasteiger charge is -2.34. The fourth-order valence-corrected chi connectivity index (χ4v) is 5.15. The minimum absolute atomic E-state index is 0.0350. The fourth-order valence-electron chi connectivity index (χ4n) is 5.15. The molecule has 10 heteroatoms. The molecule has 36 heavy (non-hydrogen) atoms. The second-order valence-electron chi connectivity index (χ2n) is 9.48. The zero-order valence-electron chi connectivity index (χ0n) is 20.9. The van der Waals surface area contributed by atoms with Crippen LogP contribution in [-0.2, 0) is 18.3 Å². The topological polar surface area (TPSA) is 123 Å². The highest BCUT2D eigenvalue weighted by Gasteiger charge is 2.23.